The molecule has 1 atom stereocenters. The Labute approximate surface area is 182 Å². The summed E-state index contributed by atoms with van der Waals surface area (Å²) in [5.74, 6) is 0.831. The molecule has 150 valence electrons. The van der Waals surface area contributed by atoms with Gasteiger partial charge in [-0.05, 0) is 35.4 Å². The predicted molar refractivity (Wildman–Crippen MR) is 116 cm³/mol. The normalized spacial score (nSPS) is 11.8. The molecule has 0 aliphatic carbocycles. The number of hydrogen-bond acceptors (Lipinski definition) is 5. The quantitative estimate of drug-likeness (QED) is 0.429. The molecule has 0 aliphatic heterocycles. The molecular weight excluding hydrogens is 444 g/mol. The number of carbonyl (C=O) groups is 1. The number of aromatic nitrogens is 3. The van der Waals surface area contributed by atoms with Gasteiger partial charge in [-0.15, -0.1) is 0 Å². The van der Waals surface area contributed by atoms with Crippen LogP contribution in [0.25, 0.3) is 11.4 Å². The minimum absolute atomic E-state index is 0.0876. The van der Waals surface area contributed by atoms with E-state index in [1.807, 2.05) is 66.7 Å². The zero-order valence-corrected chi connectivity index (χ0v) is 17.6. The fourth-order valence-corrected chi connectivity index (χ4v) is 3.35. The minimum atomic E-state index is -0.234. The molecule has 6 nitrogen and oxygen atoms in total. The Morgan fingerprint density at radius 2 is 1.67 bits per heavy atom. The third-order valence-corrected chi connectivity index (χ3v) is 5.14. The molecule has 4 aromatic rings. The van der Waals surface area contributed by atoms with Crippen molar-refractivity contribution in [2.45, 2.75) is 18.9 Å². The number of aryl methyl sites for hydroxylation is 1. The van der Waals surface area contributed by atoms with E-state index >= 15 is 0 Å². The van der Waals surface area contributed by atoms with Gasteiger partial charge in [0, 0.05) is 35.3 Å². The van der Waals surface area contributed by atoms with Gasteiger partial charge in [-0.25, -0.2) is 0 Å². The van der Waals surface area contributed by atoms with Crippen molar-refractivity contribution in [1.82, 2.24) is 20.4 Å². The second kappa shape index (κ2) is 9.45. The van der Waals surface area contributed by atoms with E-state index in [2.05, 4.69) is 36.4 Å². The van der Waals surface area contributed by atoms with E-state index in [1.165, 1.54) is 0 Å². The maximum absolute atomic E-state index is 12.7. The summed E-state index contributed by atoms with van der Waals surface area (Å²) in [4.78, 5) is 21.0. The van der Waals surface area contributed by atoms with E-state index in [4.69, 9.17) is 4.52 Å². The monoisotopic (exact) mass is 462 g/mol. The van der Waals surface area contributed by atoms with Crippen LogP contribution in [0.3, 0.4) is 0 Å². The van der Waals surface area contributed by atoms with Gasteiger partial charge < -0.3 is 9.84 Å². The average molecular weight is 463 g/mol. The molecule has 0 fully saturated rings. The van der Waals surface area contributed by atoms with Crippen LogP contribution in [0.1, 0.15) is 29.5 Å². The maximum atomic E-state index is 12.7. The van der Waals surface area contributed by atoms with Crippen LogP contribution in [0.2, 0.25) is 0 Å². The summed E-state index contributed by atoms with van der Waals surface area (Å²) in [7, 11) is 0. The SMILES string of the molecule is O=C(CCc1nc(-c2ccncc2)no1)NC(c1ccccc1)c1ccc(Br)cc1. The molecule has 2 aromatic carbocycles. The first-order valence-electron chi connectivity index (χ1n) is 9.52. The van der Waals surface area contributed by atoms with Crippen molar-refractivity contribution in [3.8, 4) is 11.4 Å². The van der Waals surface area contributed by atoms with Crippen LogP contribution < -0.4 is 5.32 Å². The Balaban J connectivity index is 1.43. The van der Waals surface area contributed by atoms with Crippen LogP contribution in [-0.4, -0.2) is 21.0 Å². The van der Waals surface area contributed by atoms with Gasteiger partial charge in [-0.2, -0.15) is 4.98 Å². The third kappa shape index (κ3) is 4.99. The van der Waals surface area contributed by atoms with Crippen molar-refractivity contribution in [3.05, 3.63) is 101 Å². The Morgan fingerprint density at radius 1 is 0.967 bits per heavy atom. The number of carbonyl (C=O) groups excluding carboxylic acids is 1. The molecule has 30 heavy (non-hydrogen) atoms. The molecule has 1 amide bonds. The molecule has 0 spiro atoms. The van der Waals surface area contributed by atoms with E-state index in [1.54, 1.807) is 12.4 Å². The number of benzene rings is 2. The highest BCUT2D eigenvalue weighted by Gasteiger charge is 2.18. The molecule has 0 saturated heterocycles. The first-order chi connectivity index (χ1) is 14.7. The van der Waals surface area contributed by atoms with Gasteiger partial charge in [0.05, 0.1) is 6.04 Å². The summed E-state index contributed by atoms with van der Waals surface area (Å²) in [6.07, 6.45) is 3.96. The number of halogens is 1. The lowest BCUT2D eigenvalue weighted by Crippen LogP contribution is -2.29. The summed E-state index contributed by atoms with van der Waals surface area (Å²) in [6, 6.07) is 21.2. The molecule has 0 radical (unpaired) electrons. The maximum Gasteiger partial charge on any atom is 0.227 e. The Morgan fingerprint density at radius 3 is 2.40 bits per heavy atom. The molecule has 2 aromatic heterocycles. The number of rotatable bonds is 7. The van der Waals surface area contributed by atoms with Gasteiger partial charge >= 0.3 is 0 Å². The van der Waals surface area contributed by atoms with E-state index < -0.39 is 0 Å². The smallest absolute Gasteiger partial charge is 0.227 e. The van der Waals surface area contributed by atoms with Gasteiger partial charge in [0.2, 0.25) is 17.6 Å². The van der Waals surface area contributed by atoms with Gasteiger partial charge in [0.1, 0.15) is 0 Å². The highest BCUT2D eigenvalue weighted by Crippen LogP contribution is 2.24. The van der Waals surface area contributed by atoms with Crippen LogP contribution in [0.15, 0.2) is 88.1 Å². The van der Waals surface area contributed by atoms with Gasteiger partial charge in [-0.3, -0.25) is 9.78 Å². The van der Waals surface area contributed by atoms with E-state index in [0.29, 0.717) is 18.1 Å². The summed E-state index contributed by atoms with van der Waals surface area (Å²) < 4.78 is 6.28. The molecule has 0 bridgehead atoms. The molecule has 1 N–H and O–H groups in total. The van der Waals surface area contributed by atoms with E-state index in [0.717, 1.165) is 21.2 Å². The lowest BCUT2D eigenvalue weighted by atomic mass is 9.98. The van der Waals surface area contributed by atoms with Crippen molar-refractivity contribution in [2.75, 3.05) is 0 Å². The third-order valence-electron chi connectivity index (χ3n) is 4.61. The average Bonchev–Trinajstić information content (AvgIpc) is 3.27. The minimum Gasteiger partial charge on any atom is -0.345 e. The lowest BCUT2D eigenvalue weighted by Gasteiger charge is -2.20. The van der Waals surface area contributed by atoms with E-state index in [-0.39, 0.29) is 18.4 Å². The second-order valence-corrected chi connectivity index (χ2v) is 7.63. The number of pyridine rings is 1. The standard InChI is InChI=1S/C23H19BrN4O2/c24-19-8-6-17(7-9-19)22(16-4-2-1-3-5-16)26-20(29)10-11-21-27-23(28-30-21)18-12-14-25-15-13-18/h1-9,12-15,22H,10-11H2,(H,26,29). The topological polar surface area (TPSA) is 80.9 Å². The zero-order valence-electron chi connectivity index (χ0n) is 16.0. The molecule has 2 heterocycles. The number of nitrogens with one attached hydrogen (secondary N) is 1. The largest absolute Gasteiger partial charge is 0.345 e. The van der Waals surface area contributed by atoms with Gasteiger partial charge in [0.15, 0.2) is 0 Å². The summed E-state index contributed by atoms with van der Waals surface area (Å²) in [5, 5.41) is 7.10. The molecule has 1 unspecified atom stereocenters. The molecule has 0 aliphatic rings. The van der Waals surface area contributed by atoms with Crippen molar-refractivity contribution in [3.63, 3.8) is 0 Å². The van der Waals surface area contributed by atoms with Crippen molar-refractivity contribution in [1.29, 1.82) is 0 Å². The number of nitrogens with zero attached hydrogens (tertiary/aromatic N) is 3. The summed E-state index contributed by atoms with van der Waals surface area (Å²) in [5.41, 5.74) is 2.85. The lowest BCUT2D eigenvalue weighted by molar-refractivity contribution is -0.121. The van der Waals surface area contributed by atoms with Gasteiger partial charge in [-0.1, -0.05) is 63.6 Å². The molecule has 0 saturated carbocycles. The Hall–Kier alpha value is -3.32. The second-order valence-electron chi connectivity index (χ2n) is 6.71. The van der Waals surface area contributed by atoms with Crippen molar-refractivity contribution in [2.24, 2.45) is 0 Å². The zero-order chi connectivity index (χ0) is 20.8. The Kier molecular flexibility index (Phi) is 6.29. The molecular formula is C23H19BrN4O2. The molecule has 7 heteroatoms. The van der Waals surface area contributed by atoms with Crippen LogP contribution in [0, 0.1) is 0 Å². The summed E-state index contributed by atoms with van der Waals surface area (Å²) in [6.45, 7) is 0. The van der Waals surface area contributed by atoms with Crippen LogP contribution >= 0.6 is 15.9 Å². The fraction of sp³-hybridized carbons (Fsp3) is 0.130. The first-order valence-corrected chi connectivity index (χ1v) is 10.3. The first kappa shape index (κ1) is 20.0. The van der Waals surface area contributed by atoms with E-state index in [9.17, 15) is 4.79 Å². The van der Waals surface area contributed by atoms with Crippen molar-refractivity contribution < 1.29 is 9.32 Å². The van der Waals surface area contributed by atoms with Crippen LogP contribution in [-0.2, 0) is 11.2 Å². The van der Waals surface area contributed by atoms with Crippen LogP contribution in [0.4, 0.5) is 0 Å². The fourth-order valence-electron chi connectivity index (χ4n) is 3.09. The molecule has 4 rings (SSSR count). The van der Waals surface area contributed by atoms with Crippen molar-refractivity contribution >= 4 is 21.8 Å². The van der Waals surface area contributed by atoms with Gasteiger partial charge in [0.25, 0.3) is 0 Å². The number of amides is 1. The van der Waals surface area contributed by atoms with Crippen LogP contribution in [0.5, 0.6) is 0 Å². The number of hydrogen-bond donors (Lipinski definition) is 1. The summed E-state index contributed by atoms with van der Waals surface area (Å²) >= 11 is 3.46. The highest BCUT2D eigenvalue weighted by molar-refractivity contribution is 9.10. The predicted octanol–water partition coefficient (Wildman–Crippen LogP) is 4.73. The highest BCUT2D eigenvalue weighted by atomic mass is 79.9. The Bertz CT molecular complexity index is 1100.